The summed E-state index contributed by atoms with van der Waals surface area (Å²) in [5.41, 5.74) is 0. The van der Waals surface area contributed by atoms with Crippen molar-refractivity contribution in [3.05, 3.63) is 0 Å². The van der Waals surface area contributed by atoms with Gasteiger partial charge in [0.05, 0.1) is 5.92 Å². The van der Waals surface area contributed by atoms with Crippen LogP contribution in [0.25, 0.3) is 0 Å². The molecule has 1 aliphatic rings. The lowest BCUT2D eigenvalue weighted by molar-refractivity contribution is -0.125. The van der Waals surface area contributed by atoms with Crippen LogP contribution in [0.1, 0.15) is 58.3 Å². The standard InChI is InChI=1S/C14H28N2O/c1-2-3-4-5-6-7-11-16-14(17)13-9-8-10-15-12-13/h13,15H,2-12H2,1H3,(H,16,17)/t13-/m1/s1. The van der Waals surface area contributed by atoms with Crippen LogP contribution in [0, 0.1) is 5.92 Å². The van der Waals surface area contributed by atoms with E-state index in [9.17, 15) is 4.79 Å². The Balaban J connectivity index is 1.92. The molecule has 100 valence electrons. The van der Waals surface area contributed by atoms with E-state index in [0.29, 0.717) is 0 Å². The fourth-order valence-electron chi connectivity index (χ4n) is 2.34. The first-order chi connectivity index (χ1) is 8.34. The smallest absolute Gasteiger partial charge is 0.224 e. The van der Waals surface area contributed by atoms with Gasteiger partial charge in [0.25, 0.3) is 0 Å². The molecule has 1 atom stereocenters. The predicted octanol–water partition coefficient (Wildman–Crippen LogP) is 2.46. The lowest BCUT2D eigenvalue weighted by Gasteiger charge is -2.21. The Bertz CT molecular complexity index is 200. The van der Waals surface area contributed by atoms with Gasteiger partial charge in [-0.25, -0.2) is 0 Å². The Kier molecular flexibility index (Phi) is 8.06. The molecule has 3 heteroatoms. The lowest BCUT2D eigenvalue weighted by atomic mass is 9.99. The van der Waals surface area contributed by atoms with Crippen LogP contribution in [0.15, 0.2) is 0 Å². The van der Waals surface area contributed by atoms with Gasteiger partial charge in [-0.05, 0) is 25.8 Å². The molecule has 0 aromatic rings. The van der Waals surface area contributed by atoms with Gasteiger partial charge in [0.1, 0.15) is 0 Å². The minimum absolute atomic E-state index is 0.212. The van der Waals surface area contributed by atoms with Gasteiger partial charge in [0, 0.05) is 13.1 Å². The molecule has 0 unspecified atom stereocenters. The Morgan fingerprint density at radius 3 is 2.71 bits per heavy atom. The van der Waals surface area contributed by atoms with Crippen molar-refractivity contribution in [3.63, 3.8) is 0 Å². The predicted molar refractivity (Wildman–Crippen MR) is 72.0 cm³/mol. The molecule has 1 aliphatic heterocycles. The van der Waals surface area contributed by atoms with Gasteiger partial charge >= 0.3 is 0 Å². The zero-order valence-electron chi connectivity index (χ0n) is 11.3. The summed E-state index contributed by atoms with van der Waals surface area (Å²) in [4.78, 5) is 11.8. The van der Waals surface area contributed by atoms with E-state index >= 15 is 0 Å². The molecule has 1 amide bonds. The van der Waals surface area contributed by atoms with Crippen molar-refractivity contribution >= 4 is 5.91 Å². The normalized spacial score (nSPS) is 20.2. The Morgan fingerprint density at radius 1 is 1.24 bits per heavy atom. The molecule has 1 fully saturated rings. The summed E-state index contributed by atoms with van der Waals surface area (Å²) in [6.45, 7) is 5.03. The molecule has 0 radical (unpaired) electrons. The van der Waals surface area contributed by atoms with Gasteiger partial charge in [0.2, 0.25) is 5.91 Å². The first kappa shape index (κ1) is 14.5. The van der Waals surface area contributed by atoms with Crippen molar-refractivity contribution in [2.75, 3.05) is 19.6 Å². The number of hydrogen-bond donors (Lipinski definition) is 2. The van der Waals surface area contributed by atoms with Crippen LogP contribution in [0.4, 0.5) is 0 Å². The highest BCUT2D eigenvalue weighted by atomic mass is 16.1. The number of carbonyl (C=O) groups excluding carboxylic acids is 1. The number of rotatable bonds is 8. The second-order valence-electron chi connectivity index (χ2n) is 5.10. The molecule has 0 spiro atoms. The molecule has 17 heavy (non-hydrogen) atoms. The van der Waals surface area contributed by atoms with Gasteiger partial charge in [-0.1, -0.05) is 39.0 Å². The monoisotopic (exact) mass is 240 g/mol. The Hall–Kier alpha value is -0.570. The van der Waals surface area contributed by atoms with Crippen LogP contribution in [0.2, 0.25) is 0 Å². The van der Waals surface area contributed by atoms with Gasteiger partial charge in [0.15, 0.2) is 0 Å². The van der Waals surface area contributed by atoms with Crippen molar-refractivity contribution < 1.29 is 4.79 Å². The quantitative estimate of drug-likeness (QED) is 0.640. The molecule has 2 N–H and O–H groups in total. The maximum absolute atomic E-state index is 11.8. The third-order valence-electron chi connectivity index (χ3n) is 3.50. The maximum Gasteiger partial charge on any atom is 0.224 e. The molecule has 1 saturated heterocycles. The fraction of sp³-hybridized carbons (Fsp3) is 0.929. The fourth-order valence-corrected chi connectivity index (χ4v) is 2.34. The number of hydrogen-bond acceptors (Lipinski definition) is 2. The van der Waals surface area contributed by atoms with E-state index in [1.165, 1.54) is 32.1 Å². The van der Waals surface area contributed by atoms with Crippen molar-refractivity contribution in [1.29, 1.82) is 0 Å². The van der Waals surface area contributed by atoms with Crippen LogP contribution in [0.5, 0.6) is 0 Å². The second kappa shape index (κ2) is 9.46. The van der Waals surface area contributed by atoms with Crippen molar-refractivity contribution in [1.82, 2.24) is 10.6 Å². The van der Waals surface area contributed by atoms with E-state index in [4.69, 9.17) is 0 Å². The van der Waals surface area contributed by atoms with Gasteiger partial charge in [-0.15, -0.1) is 0 Å². The molecular weight excluding hydrogens is 212 g/mol. The minimum Gasteiger partial charge on any atom is -0.356 e. The summed E-state index contributed by atoms with van der Waals surface area (Å²) in [6, 6.07) is 0. The first-order valence-corrected chi connectivity index (χ1v) is 7.33. The molecule has 0 saturated carbocycles. The third kappa shape index (κ3) is 6.67. The zero-order chi connectivity index (χ0) is 12.3. The second-order valence-corrected chi connectivity index (χ2v) is 5.10. The minimum atomic E-state index is 0.212. The van der Waals surface area contributed by atoms with Crippen LogP contribution in [-0.4, -0.2) is 25.5 Å². The highest BCUT2D eigenvalue weighted by molar-refractivity contribution is 5.78. The van der Waals surface area contributed by atoms with Crippen molar-refractivity contribution in [2.24, 2.45) is 5.92 Å². The van der Waals surface area contributed by atoms with E-state index in [1.807, 2.05) is 0 Å². The SMILES string of the molecule is CCCCCCCCNC(=O)[C@@H]1CCCNC1. The number of nitrogens with one attached hydrogen (secondary N) is 2. The molecule has 0 aromatic carbocycles. The Labute approximate surface area is 106 Å². The third-order valence-corrected chi connectivity index (χ3v) is 3.50. The number of unbranched alkanes of at least 4 members (excludes halogenated alkanes) is 5. The van der Waals surface area contributed by atoms with Gasteiger partial charge in [-0.3, -0.25) is 4.79 Å². The summed E-state index contributed by atoms with van der Waals surface area (Å²) in [5, 5.41) is 6.34. The average Bonchev–Trinajstić information content (AvgIpc) is 2.38. The Morgan fingerprint density at radius 2 is 2.00 bits per heavy atom. The summed E-state index contributed by atoms with van der Waals surface area (Å²) >= 11 is 0. The van der Waals surface area contributed by atoms with E-state index in [1.54, 1.807) is 0 Å². The summed E-state index contributed by atoms with van der Waals surface area (Å²) in [5.74, 6) is 0.467. The van der Waals surface area contributed by atoms with Crippen LogP contribution in [0.3, 0.4) is 0 Å². The van der Waals surface area contributed by atoms with Crippen molar-refractivity contribution in [3.8, 4) is 0 Å². The first-order valence-electron chi connectivity index (χ1n) is 7.33. The number of piperidine rings is 1. The lowest BCUT2D eigenvalue weighted by Crippen LogP contribution is -2.40. The number of amides is 1. The molecular formula is C14H28N2O. The number of carbonyl (C=O) groups is 1. The maximum atomic E-state index is 11.8. The van der Waals surface area contributed by atoms with E-state index in [0.717, 1.165) is 38.9 Å². The summed E-state index contributed by atoms with van der Waals surface area (Å²) < 4.78 is 0. The molecule has 1 rings (SSSR count). The molecule has 3 nitrogen and oxygen atoms in total. The summed E-state index contributed by atoms with van der Waals surface area (Å²) in [6.07, 6.45) is 9.88. The molecule has 1 heterocycles. The van der Waals surface area contributed by atoms with Crippen LogP contribution in [-0.2, 0) is 4.79 Å². The topological polar surface area (TPSA) is 41.1 Å². The molecule has 0 aromatic heterocycles. The van der Waals surface area contributed by atoms with Crippen molar-refractivity contribution in [2.45, 2.75) is 58.3 Å². The van der Waals surface area contributed by atoms with E-state index in [2.05, 4.69) is 17.6 Å². The largest absolute Gasteiger partial charge is 0.356 e. The van der Waals surface area contributed by atoms with E-state index in [-0.39, 0.29) is 11.8 Å². The highest BCUT2D eigenvalue weighted by Gasteiger charge is 2.19. The summed E-state index contributed by atoms with van der Waals surface area (Å²) in [7, 11) is 0. The van der Waals surface area contributed by atoms with Crippen LogP contribution >= 0.6 is 0 Å². The average molecular weight is 240 g/mol. The molecule has 0 aliphatic carbocycles. The van der Waals surface area contributed by atoms with E-state index < -0.39 is 0 Å². The molecule has 0 bridgehead atoms. The van der Waals surface area contributed by atoms with Crippen LogP contribution < -0.4 is 10.6 Å². The zero-order valence-corrected chi connectivity index (χ0v) is 11.3. The van der Waals surface area contributed by atoms with Gasteiger partial charge < -0.3 is 10.6 Å². The highest BCUT2D eigenvalue weighted by Crippen LogP contribution is 2.10. The van der Waals surface area contributed by atoms with Gasteiger partial charge in [-0.2, -0.15) is 0 Å².